The fraction of sp³-hybridized carbons (Fsp3) is 0.476. The number of carbonyl (C=O) groups is 1. The minimum atomic E-state index is -0.130. The SMILES string of the molecule is COc1ccc(Cl)cc1C(=O)N1CCC(n2nc(C(C)(C)C)ccc2=O)CC1. The lowest BCUT2D eigenvalue weighted by Crippen LogP contribution is -2.41. The number of aromatic nitrogens is 2. The molecule has 1 aromatic heterocycles. The second-order valence-corrected chi connectivity index (χ2v) is 8.56. The number of hydrogen-bond donors (Lipinski definition) is 0. The van der Waals surface area contributed by atoms with Gasteiger partial charge in [-0.05, 0) is 37.1 Å². The average molecular weight is 404 g/mol. The maximum atomic E-state index is 12.9. The van der Waals surface area contributed by atoms with Gasteiger partial charge in [0, 0.05) is 29.6 Å². The number of hydrogen-bond acceptors (Lipinski definition) is 4. The summed E-state index contributed by atoms with van der Waals surface area (Å²) < 4.78 is 6.89. The summed E-state index contributed by atoms with van der Waals surface area (Å²) >= 11 is 6.06. The van der Waals surface area contributed by atoms with Crippen LogP contribution < -0.4 is 10.3 Å². The zero-order chi connectivity index (χ0) is 20.5. The second kappa shape index (κ2) is 7.95. The number of carbonyl (C=O) groups excluding carboxylic acids is 1. The molecule has 1 aliphatic heterocycles. The highest BCUT2D eigenvalue weighted by atomic mass is 35.5. The van der Waals surface area contributed by atoms with Crippen molar-refractivity contribution in [3.05, 3.63) is 57.0 Å². The van der Waals surface area contributed by atoms with E-state index >= 15 is 0 Å². The lowest BCUT2D eigenvalue weighted by molar-refractivity contribution is 0.0684. The summed E-state index contributed by atoms with van der Waals surface area (Å²) in [6.45, 7) is 7.32. The highest BCUT2D eigenvalue weighted by molar-refractivity contribution is 6.31. The Labute approximate surface area is 170 Å². The van der Waals surface area contributed by atoms with Gasteiger partial charge in [-0.25, -0.2) is 4.68 Å². The minimum absolute atomic E-state index is 0.0138. The number of rotatable bonds is 3. The fourth-order valence-corrected chi connectivity index (χ4v) is 3.59. The molecule has 0 atom stereocenters. The molecule has 0 bridgehead atoms. The lowest BCUT2D eigenvalue weighted by atomic mass is 9.92. The lowest BCUT2D eigenvalue weighted by Gasteiger charge is -2.33. The molecule has 2 heterocycles. The summed E-state index contributed by atoms with van der Waals surface area (Å²) in [4.78, 5) is 27.1. The number of ether oxygens (including phenoxy) is 1. The smallest absolute Gasteiger partial charge is 0.267 e. The first-order valence-electron chi connectivity index (χ1n) is 9.44. The van der Waals surface area contributed by atoms with Crippen LogP contribution in [0.15, 0.2) is 35.1 Å². The molecule has 2 aromatic rings. The largest absolute Gasteiger partial charge is 0.496 e. The summed E-state index contributed by atoms with van der Waals surface area (Å²) in [5.74, 6) is 0.397. The summed E-state index contributed by atoms with van der Waals surface area (Å²) in [5, 5.41) is 5.09. The van der Waals surface area contributed by atoms with E-state index < -0.39 is 0 Å². The molecule has 1 amide bonds. The number of benzene rings is 1. The van der Waals surface area contributed by atoms with E-state index in [1.54, 1.807) is 39.9 Å². The van der Waals surface area contributed by atoms with Crippen LogP contribution in [0, 0.1) is 0 Å². The van der Waals surface area contributed by atoms with Gasteiger partial charge in [0.25, 0.3) is 11.5 Å². The zero-order valence-corrected chi connectivity index (χ0v) is 17.5. The Kier molecular flexibility index (Phi) is 5.79. The third kappa shape index (κ3) is 4.22. The van der Waals surface area contributed by atoms with Crippen LogP contribution in [0.25, 0.3) is 0 Å². The van der Waals surface area contributed by atoms with Crippen molar-refractivity contribution >= 4 is 17.5 Å². The highest BCUT2D eigenvalue weighted by Crippen LogP contribution is 2.28. The second-order valence-electron chi connectivity index (χ2n) is 8.12. The molecule has 1 fully saturated rings. The molecule has 0 aliphatic carbocycles. The number of methoxy groups -OCH3 is 1. The topological polar surface area (TPSA) is 64.4 Å². The molecule has 0 saturated carbocycles. The van der Waals surface area contributed by atoms with Gasteiger partial charge in [0.2, 0.25) is 0 Å². The molecule has 1 aromatic carbocycles. The van der Waals surface area contributed by atoms with Crippen molar-refractivity contribution in [2.24, 2.45) is 0 Å². The van der Waals surface area contributed by atoms with Crippen molar-refractivity contribution < 1.29 is 9.53 Å². The number of halogens is 1. The van der Waals surface area contributed by atoms with Crippen LogP contribution in [0.5, 0.6) is 5.75 Å². The van der Waals surface area contributed by atoms with Crippen molar-refractivity contribution in [2.45, 2.75) is 45.1 Å². The molecule has 28 heavy (non-hydrogen) atoms. The third-order valence-corrected chi connectivity index (χ3v) is 5.32. The minimum Gasteiger partial charge on any atom is -0.496 e. The van der Waals surface area contributed by atoms with E-state index in [0.717, 1.165) is 5.69 Å². The van der Waals surface area contributed by atoms with Gasteiger partial charge in [0.15, 0.2) is 0 Å². The van der Waals surface area contributed by atoms with Gasteiger partial charge in [0.1, 0.15) is 5.75 Å². The predicted octanol–water partition coefficient (Wildman–Crippen LogP) is 3.68. The Bertz CT molecular complexity index is 925. The van der Waals surface area contributed by atoms with Gasteiger partial charge < -0.3 is 9.64 Å². The molecule has 6 nitrogen and oxygen atoms in total. The van der Waals surface area contributed by atoms with Gasteiger partial charge in [0.05, 0.1) is 24.4 Å². The van der Waals surface area contributed by atoms with Crippen molar-refractivity contribution in [3.8, 4) is 5.75 Å². The molecule has 1 aliphatic rings. The first-order chi connectivity index (χ1) is 13.2. The van der Waals surface area contributed by atoms with Crippen LogP contribution in [0.4, 0.5) is 0 Å². The van der Waals surface area contributed by atoms with E-state index in [-0.39, 0.29) is 22.9 Å². The van der Waals surface area contributed by atoms with E-state index in [2.05, 4.69) is 25.9 Å². The summed E-state index contributed by atoms with van der Waals surface area (Å²) in [5.41, 5.74) is 1.11. The average Bonchev–Trinajstić information content (AvgIpc) is 2.67. The van der Waals surface area contributed by atoms with Gasteiger partial charge >= 0.3 is 0 Å². The van der Waals surface area contributed by atoms with Crippen LogP contribution in [-0.4, -0.2) is 40.8 Å². The first-order valence-corrected chi connectivity index (χ1v) is 9.81. The fourth-order valence-electron chi connectivity index (χ4n) is 3.42. The summed E-state index contributed by atoms with van der Waals surface area (Å²) in [6.07, 6.45) is 1.35. The Morgan fingerprint density at radius 2 is 1.86 bits per heavy atom. The van der Waals surface area contributed by atoms with Crippen LogP contribution in [0.3, 0.4) is 0 Å². The number of nitrogens with zero attached hydrogens (tertiary/aromatic N) is 3. The molecule has 0 spiro atoms. The number of amides is 1. The molecule has 0 unspecified atom stereocenters. The van der Waals surface area contributed by atoms with Crippen LogP contribution in [0.1, 0.15) is 55.7 Å². The Balaban J connectivity index is 1.76. The van der Waals surface area contributed by atoms with Crippen molar-refractivity contribution in [2.75, 3.05) is 20.2 Å². The Morgan fingerprint density at radius 1 is 1.18 bits per heavy atom. The van der Waals surface area contributed by atoms with Crippen LogP contribution >= 0.6 is 11.6 Å². The third-order valence-electron chi connectivity index (χ3n) is 5.08. The first kappa shape index (κ1) is 20.4. The monoisotopic (exact) mass is 403 g/mol. The van der Waals surface area contributed by atoms with E-state index in [9.17, 15) is 9.59 Å². The van der Waals surface area contributed by atoms with Gasteiger partial charge in [-0.3, -0.25) is 9.59 Å². The molecule has 1 saturated heterocycles. The number of piperidine rings is 1. The highest BCUT2D eigenvalue weighted by Gasteiger charge is 2.28. The molecule has 0 N–H and O–H groups in total. The quantitative estimate of drug-likeness (QED) is 0.784. The van der Waals surface area contributed by atoms with E-state index in [1.807, 2.05) is 0 Å². The maximum Gasteiger partial charge on any atom is 0.267 e. The predicted molar refractivity (Wildman–Crippen MR) is 109 cm³/mol. The Hall–Kier alpha value is -2.34. The zero-order valence-electron chi connectivity index (χ0n) is 16.7. The normalized spacial score (nSPS) is 15.5. The van der Waals surface area contributed by atoms with Crippen LogP contribution in [0.2, 0.25) is 5.02 Å². The van der Waals surface area contributed by atoms with Crippen molar-refractivity contribution in [1.82, 2.24) is 14.7 Å². The van der Waals surface area contributed by atoms with Crippen LogP contribution in [-0.2, 0) is 5.41 Å². The molecule has 7 heteroatoms. The maximum absolute atomic E-state index is 12.9. The summed E-state index contributed by atoms with van der Waals surface area (Å²) in [6, 6.07) is 8.39. The van der Waals surface area contributed by atoms with Gasteiger partial charge in [-0.2, -0.15) is 5.10 Å². The number of likely N-dealkylation sites (tertiary alicyclic amines) is 1. The Morgan fingerprint density at radius 3 is 2.46 bits per heavy atom. The van der Waals surface area contributed by atoms with E-state index in [0.29, 0.717) is 42.3 Å². The van der Waals surface area contributed by atoms with Crippen molar-refractivity contribution in [3.63, 3.8) is 0 Å². The molecule has 3 rings (SSSR count). The summed E-state index contributed by atoms with van der Waals surface area (Å²) in [7, 11) is 1.53. The standard InChI is InChI=1S/C21H26ClN3O3/c1-21(2,3)18-7-8-19(26)25(23-18)15-9-11-24(12-10-15)20(27)16-13-14(22)5-6-17(16)28-4/h5-8,13,15H,9-12H2,1-4H3. The molecular weight excluding hydrogens is 378 g/mol. The molecular formula is C21H26ClN3O3. The van der Waals surface area contributed by atoms with Crippen molar-refractivity contribution in [1.29, 1.82) is 0 Å². The van der Waals surface area contributed by atoms with Gasteiger partial charge in [-0.1, -0.05) is 32.4 Å². The van der Waals surface area contributed by atoms with Gasteiger partial charge in [-0.15, -0.1) is 0 Å². The van der Waals surface area contributed by atoms with E-state index in [1.165, 1.54) is 7.11 Å². The van der Waals surface area contributed by atoms with E-state index in [4.69, 9.17) is 16.3 Å². The molecule has 0 radical (unpaired) electrons. The molecule has 150 valence electrons.